The lowest BCUT2D eigenvalue weighted by Crippen LogP contribution is -2.45. The molecular formula is C29H31N5O3. The summed E-state index contributed by atoms with van der Waals surface area (Å²) >= 11 is 0. The lowest BCUT2D eigenvalue weighted by atomic mass is 9.73. The third-order valence-electron chi connectivity index (χ3n) is 7.45. The van der Waals surface area contributed by atoms with Crippen LogP contribution in [-0.2, 0) is 24.2 Å². The average molecular weight is 498 g/mol. The van der Waals surface area contributed by atoms with Crippen molar-refractivity contribution >= 4 is 11.7 Å². The van der Waals surface area contributed by atoms with Gasteiger partial charge in [-0.1, -0.05) is 42.3 Å². The first kappa shape index (κ1) is 24.8. The smallest absolute Gasteiger partial charge is 0.221 e. The van der Waals surface area contributed by atoms with Crippen molar-refractivity contribution in [2.24, 2.45) is 16.9 Å². The zero-order chi connectivity index (χ0) is 25.8. The minimum Gasteiger partial charge on any atom is -0.481 e. The van der Waals surface area contributed by atoms with E-state index < -0.39 is 0 Å². The third-order valence-corrected chi connectivity index (χ3v) is 7.45. The molecule has 37 heavy (non-hydrogen) atoms. The number of amides is 1. The van der Waals surface area contributed by atoms with Crippen LogP contribution in [-0.4, -0.2) is 40.7 Å². The molecule has 2 aromatic carbocycles. The Balaban J connectivity index is 1.19. The van der Waals surface area contributed by atoms with Gasteiger partial charge in [0.1, 0.15) is 23.7 Å². The summed E-state index contributed by atoms with van der Waals surface area (Å²) in [6.07, 6.45) is 4.80. The number of aromatic nitrogens is 2. The van der Waals surface area contributed by atoms with Crippen molar-refractivity contribution in [1.82, 2.24) is 9.97 Å². The molecular weight excluding hydrogens is 466 g/mol. The van der Waals surface area contributed by atoms with Crippen LogP contribution in [0.5, 0.6) is 5.75 Å². The molecule has 8 nitrogen and oxygen atoms in total. The van der Waals surface area contributed by atoms with Crippen LogP contribution in [0.25, 0.3) is 0 Å². The molecule has 8 heteroatoms. The molecule has 5 rings (SSSR count). The number of fused-ring (bicyclic) bond motifs is 1. The Morgan fingerprint density at radius 1 is 1.16 bits per heavy atom. The lowest BCUT2D eigenvalue weighted by Gasteiger charge is -2.42. The maximum absolute atomic E-state index is 11.0. The second-order valence-corrected chi connectivity index (χ2v) is 9.76. The van der Waals surface area contributed by atoms with Gasteiger partial charge < -0.3 is 26.2 Å². The van der Waals surface area contributed by atoms with E-state index >= 15 is 0 Å². The van der Waals surface area contributed by atoms with E-state index in [-0.39, 0.29) is 37.0 Å². The van der Waals surface area contributed by atoms with Crippen molar-refractivity contribution in [3.8, 4) is 17.6 Å². The summed E-state index contributed by atoms with van der Waals surface area (Å²) in [4.78, 5) is 22.3. The third kappa shape index (κ3) is 5.29. The van der Waals surface area contributed by atoms with Gasteiger partial charge in [0.25, 0.3) is 0 Å². The van der Waals surface area contributed by atoms with Gasteiger partial charge in [0.15, 0.2) is 5.82 Å². The number of primary amides is 1. The van der Waals surface area contributed by atoms with E-state index in [1.54, 1.807) is 30.5 Å². The summed E-state index contributed by atoms with van der Waals surface area (Å²) in [7, 11) is 0. The monoisotopic (exact) mass is 497 g/mol. The van der Waals surface area contributed by atoms with Gasteiger partial charge in [-0.2, -0.15) is 0 Å². The molecule has 2 heterocycles. The topological polar surface area (TPSA) is 128 Å². The molecule has 1 aromatic heterocycles. The van der Waals surface area contributed by atoms with E-state index in [9.17, 15) is 9.90 Å². The number of hydrogen-bond donors (Lipinski definition) is 3. The molecule has 1 amide bonds. The van der Waals surface area contributed by atoms with E-state index in [2.05, 4.69) is 51.0 Å². The zero-order valence-electron chi connectivity index (χ0n) is 20.7. The fourth-order valence-corrected chi connectivity index (χ4v) is 5.47. The fourth-order valence-electron chi connectivity index (χ4n) is 5.47. The van der Waals surface area contributed by atoms with Crippen molar-refractivity contribution in [3.63, 3.8) is 0 Å². The van der Waals surface area contributed by atoms with Gasteiger partial charge in [0.2, 0.25) is 5.91 Å². The summed E-state index contributed by atoms with van der Waals surface area (Å²) in [5.41, 5.74) is 16.5. The van der Waals surface area contributed by atoms with Crippen LogP contribution in [0.15, 0.2) is 54.7 Å². The Bertz CT molecular complexity index is 1340. The maximum atomic E-state index is 11.0. The highest BCUT2D eigenvalue weighted by Crippen LogP contribution is 2.50. The number of rotatable bonds is 6. The summed E-state index contributed by atoms with van der Waals surface area (Å²) in [5.74, 6) is 6.87. The Morgan fingerprint density at radius 3 is 2.62 bits per heavy atom. The van der Waals surface area contributed by atoms with Crippen LogP contribution in [0, 0.1) is 17.3 Å². The molecule has 1 atom stereocenters. The summed E-state index contributed by atoms with van der Waals surface area (Å²) in [6, 6.07) is 15.7. The Morgan fingerprint density at radius 2 is 1.92 bits per heavy atom. The highest BCUT2D eigenvalue weighted by molar-refractivity contribution is 5.76. The summed E-state index contributed by atoms with van der Waals surface area (Å²) < 4.78 is 5.64. The van der Waals surface area contributed by atoms with Crippen LogP contribution in [0.2, 0.25) is 0 Å². The Labute approximate surface area is 216 Å². The second-order valence-electron chi connectivity index (χ2n) is 9.76. The molecule has 0 bridgehead atoms. The van der Waals surface area contributed by atoms with Gasteiger partial charge >= 0.3 is 0 Å². The molecule has 0 saturated carbocycles. The highest BCUT2D eigenvalue weighted by atomic mass is 16.5. The number of carbonyl (C=O) groups is 1. The van der Waals surface area contributed by atoms with E-state index in [1.165, 1.54) is 11.1 Å². The standard InChI is InChI=1S/C29H31N5O3/c30-26(36)16-20-7-9-23(10-8-20)37-15-3-5-22-18-32-28(25(19-35)33-22)34-13-11-29(12-14-34)17-21-4-1-2-6-24(21)27(29)31/h1-2,4,6-10,18,27,35H,11-17,19,31H2,(H2,30,36). The van der Waals surface area contributed by atoms with Gasteiger partial charge in [-0.25, -0.2) is 9.97 Å². The number of nitrogens with two attached hydrogens (primary N) is 2. The number of nitrogens with zero attached hydrogens (tertiary/aromatic N) is 3. The van der Waals surface area contributed by atoms with E-state index in [4.69, 9.17) is 16.2 Å². The van der Waals surface area contributed by atoms with Gasteiger partial charge in [-0.05, 0) is 59.4 Å². The lowest BCUT2D eigenvalue weighted by molar-refractivity contribution is -0.117. The molecule has 2 aliphatic rings. The Hall–Kier alpha value is -3.93. The van der Waals surface area contributed by atoms with Gasteiger partial charge in [-0.3, -0.25) is 4.79 Å². The molecule has 5 N–H and O–H groups in total. The van der Waals surface area contributed by atoms with Crippen molar-refractivity contribution < 1.29 is 14.6 Å². The van der Waals surface area contributed by atoms with Crippen LogP contribution >= 0.6 is 0 Å². The van der Waals surface area contributed by atoms with Crippen molar-refractivity contribution in [3.05, 3.63) is 82.8 Å². The highest BCUT2D eigenvalue weighted by Gasteiger charge is 2.46. The number of benzene rings is 2. The van der Waals surface area contributed by atoms with E-state index in [1.807, 2.05) is 0 Å². The second kappa shape index (κ2) is 10.6. The van der Waals surface area contributed by atoms with E-state index in [0.717, 1.165) is 37.9 Å². The van der Waals surface area contributed by atoms with Gasteiger partial charge in [-0.15, -0.1) is 0 Å². The molecule has 0 radical (unpaired) electrons. The molecule has 1 spiro atoms. The number of carbonyl (C=O) groups excluding carboxylic acids is 1. The molecule has 1 aliphatic carbocycles. The minimum absolute atomic E-state index is 0.0576. The molecule has 190 valence electrons. The normalized spacial score (nSPS) is 17.7. The number of aliphatic hydroxyl groups is 1. The molecule has 1 unspecified atom stereocenters. The first-order chi connectivity index (χ1) is 18.0. The minimum atomic E-state index is -0.373. The first-order valence-corrected chi connectivity index (χ1v) is 12.5. The molecule has 3 aromatic rings. The van der Waals surface area contributed by atoms with Gasteiger partial charge in [0.05, 0.1) is 19.2 Å². The predicted octanol–water partition coefficient (Wildman–Crippen LogP) is 2.27. The number of ether oxygens (including phenoxy) is 1. The first-order valence-electron chi connectivity index (χ1n) is 12.5. The SMILES string of the molecule is NC(=O)Cc1ccc(OCC#Cc2cnc(N3CCC4(CC3)Cc3ccccc3C4N)c(CO)n2)cc1. The molecule has 1 fully saturated rings. The van der Waals surface area contributed by atoms with E-state index in [0.29, 0.717) is 23.0 Å². The van der Waals surface area contributed by atoms with Crippen LogP contribution in [0.1, 0.15) is 47.0 Å². The summed E-state index contributed by atoms with van der Waals surface area (Å²) in [6.45, 7) is 1.60. The van der Waals surface area contributed by atoms with Crippen molar-refractivity contribution in [2.45, 2.75) is 38.3 Å². The van der Waals surface area contributed by atoms with Crippen molar-refractivity contribution in [2.75, 3.05) is 24.6 Å². The Kier molecular flexibility index (Phi) is 7.08. The average Bonchev–Trinajstić information content (AvgIpc) is 3.18. The molecule has 1 aliphatic heterocycles. The van der Waals surface area contributed by atoms with Crippen molar-refractivity contribution in [1.29, 1.82) is 0 Å². The number of hydrogen-bond acceptors (Lipinski definition) is 7. The predicted molar refractivity (Wildman–Crippen MR) is 141 cm³/mol. The van der Waals surface area contributed by atoms with Gasteiger partial charge in [0, 0.05) is 19.1 Å². The fraction of sp³-hybridized carbons (Fsp3) is 0.345. The van der Waals surface area contributed by atoms with Crippen LogP contribution < -0.4 is 21.1 Å². The number of anilines is 1. The maximum Gasteiger partial charge on any atom is 0.221 e. The number of piperidine rings is 1. The number of aliphatic hydroxyl groups excluding tert-OH is 1. The van der Waals surface area contributed by atoms with Crippen LogP contribution in [0.4, 0.5) is 5.82 Å². The van der Waals surface area contributed by atoms with Crippen LogP contribution in [0.3, 0.4) is 0 Å². The summed E-state index contributed by atoms with van der Waals surface area (Å²) in [5, 5.41) is 9.99. The largest absolute Gasteiger partial charge is 0.481 e. The zero-order valence-corrected chi connectivity index (χ0v) is 20.7. The quantitative estimate of drug-likeness (QED) is 0.446. The molecule has 1 saturated heterocycles.